The Morgan fingerprint density at radius 2 is 2.19 bits per heavy atom. The van der Waals surface area contributed by atoms with Crippen LogP contribution in [0.1, 0.15) is 12.0 Å². The fourth-order valence-electron chi connectivity index (χ4n) is 2.70. The number of rotatable bonds is 3. The largest absolute Gasteiger partial charge is 0.493 e. The number of nitrogens with zero attached hydrogens (tertiary/aromatic N) is 1. The average molecular weight is 312 g/mol. The van der Waals surface area contributed by atoms with Crippen LogP contribution in [0, 0.1) is 0 Å². The van der Waals surface area contributed by atoms with Gasteiger partial charge in [-0.2, -0.15) is 4.31 Å². The highest BCUT2D eigenvalue weighted by Gasteiger charge is 2.30. The monoisotopic (exact) mass is 312 g/mol. The molecule has 1 fully saturated rings. The lowest BCUT2D eigenvalue weighted by Crippen LogP contribution is -2.48. The third-order valence-corrected chi connectivity index (χ3v) is 5.74. The lowest BCUT2D eigenvalue weighted by atomic mass is 10.1. The van der Waals surface area contributed by atoms with Gasteiger partial charge in [-0.15, -0.1) is 0 Å². The minimum atomic E-state index is -3.50. The highest BCUT2D eigenvalue weighted by Crippen LogP contribution is 2.29. The Labute approximate surface area is 124 Å². The summed E-state index contributed by atoms with van der Waals surface area (Å²) in [5.74, 6) is 0.794. The van der Waals surface area contributed by atoms with Crippen LogP contribution in [-0.2, 0) is 21.2 Å². The Balaban J connectivity index is 1.87. The average Bonchev–Trinajstić information content (AvgIpc) is 2.54. The smallest absolute Gasteiger partial charge is 0.243 e. The number of hydrogen-bond acceptors (Lipinski definition) is 5. The molecule has 2 aliphatic heterocycles. The molecule has 0 aliphatic carbocycles. The lowest BCUT2D eigenvalue weighted by Gasteiger charge is -2.31. The van der Waals surface area contributed by atoms with E-state index < -0.39 is 10.0 Å². The number of hydrogen-bond donors (Lipinski definition) is 1. The van der Waals surface area contributed by atoms with Crippen LogP contribution >= 0.6 is 0 Å². The molecule has 2 aliphatic rings. The molecule has 0 amide bonds. The third-order valence-electron chi connectivity index (χ3n) is 3.88. The molecule has 0 spiro atoms. The van der Waals surface area contributed by atoms with Crippen LogP contribution in [0.4, 0.5) is 0 Å². The summed E-state index contributed by atoms with van der Waals surface area (Å²) in [6.45, 7) is 2.08. The Morgan fingerprint density at radius 3 is 3.00 bits per heavy atom. The maximum absolute atomic E-state index is 12.7. The molecule has 116 valence electrons. The molecule has 0 radical (unpaired) electrons. The van der Waals surface area contributed by atoms with Crippen LogP contribution < -0.4 is 10.5 Å². The van der Waals surface area contributed by atoms with Crippen molar-refractivity contribution in [3.05, 3.63) is 23.8 Å². The standard InChI is InChI=1S/C14H20N2O4S/c15-9-12-10-16(5-7-19-12)21(17,18)13-3-4-14-11(8-13)2-1-6-20-14/h3-4,8,12H,1-2,5-7,9-10,15H2. The van der Waals surface area contributed by atoms with Crippen molar-refractivity contribution in [3.63, 3.8) is 0 Å². The Kier molecular flexibility index (Phi) is 4.17. The second-order valence-corrected chi connectivity index (χ2v) is 7.25. The fourth-order valence-corrected chi connectivity index (χ4v) is 4.21. The van der Waals surface area contributed by atoms with E-state index >= 15 is 0 Å². The van der Waals surface area contributed by atoms with Gasteiger partial charge in [0.1, 0.15) is 5.75 Å². The van der Waals surface area contributed by atoms with Crippen molar-refractivity contribution in [1.82, 2.24) is 4.31 Å². The van der Waals surface area contributed by atoms with Gasteiger partial charge in [-0.05, 0) is 36.6 Å². The summed E-state index contributed by atoms with van der Waals surface area (Å²) in [7, 11) is -3.50. The van der Waals surface area contributed by atoms with Crippen molar-refractivity contribution >= 4 is 10.0 Å². The highest BCUT2D eigenvalue weighted by atomic mass is 32.2. The summed E-state index contributed by atoms with van der Waals surface area (Å²) < 4.78 is 37.9. The first-order chi connectivity index (χ1) is 10.1. The van der Waals surface area contributed by atoms with Crippen molar-refractivity contribution in [2.24, 2.45) is 5.73 Å². The minimum absolute atomic E-state index is 0.227. The van der Waals surface area contributed by atoms with Gasteiger partial charge in [0.25, 0.3) is 0 Å². The van der Waals surface area contributed by atoms with Crippen molar-refractivity contribution in [2.45, 2.75) is 23.8 Å². The summed E-state index contributed by atoms with van der Waals surface area (Å²) in [5, 5.41) is 0. The summed E-state index contributed by atoms with van der Waals surface area (Å²) in [5.41, 5.74) is 6.54. The van der Waals surface area contributed by atoms with E-state index in [1.807, 2.05) is 0 Å². The predicted octanol–water partition coefficient (Wildman–Crippen LogP) is 0.360. The van der Waals surface area contributed by atoms with Gasteiger partial charge in [-0.25, -0.2) is 8.42 Å². The van der Waals surface area contributed by atoms with Crippen LogP contribution in [0.5, 0.6) is 5.75 Å². The molecule has 0 bridgehead atoms. The van der Waals surface area contributed by atoms with Gasteiger partial charge < -0.3 is 15.2 Å². The SMILES string of the molecule is NCC1CN(S(=O)(=O)c2ccc3c(c2)CCCO3)CCO1. The third kappa shape index (κ3) is 2.91. The number of sulfonamides is 1. The molecular weight excluding hydrogens is 292 g/mol. The second-order valence-electron chi connectivity index (χ2n) is 5.31. The van der Waals surface area contributed by atoms with Crippen LogP contribution in [0.25, 0.3) is 0 Å². The van der Waals surface area contributed by atoms with Crippen molar-refractivity contribution in [2.75, 3.05) is 32.8 Å². The predicted molar refractivity (Wildman–Crippen MR) is 77.8 cm³/mol. The first-order valence-electron chi connectivity index (χ1n) is 7.19. The van der Waals surface area contributed by atoms with Gasteiger partial charge in [0.05, 0.1) is 24.2 Å². The highest BCUT2D eigenvalue weighted by molar-refractivity contribution is 7.89. The van der Waals surface area contributed by atoms with Crippen LogP contribution in [0.2, 0.25) is 0 Å². The molecule has 0 aromatic heterocycles. The Bertz CT molecular complexity index is 617. The molecule has 1 unspecified atom stereocenters. The summed E-state index contributed by atoms with van der Waals surface area (Å²) in [4.78, 5) is 0.324. The maximum Gasteiger partial charge on any atom is 0.243 e. The number of fused-ring (bicyclic) bond motifs is 1. The number of nitrogens with two attached hydrogens (primary N) is 1. The zero-order valence-electron chi connectivity index (χ0n) is 11.8. The van der Waals surface area contributed by atoms with Crippen LogP contribution in [0.15, 0.2) is 23.1 Å². The molecule has 6 nitrogen and oxygen atoms in total. The molecule has 1 atom stereocenters. The zero-order chi connectivity index (χ0) is 14.9. The molecule has 21 heavy (non-hydrogen) atoms. The molecule has 2 heterocycles. The second kappa shape index (κ2) is 5.92. The number of ether oxygens (including phenoxy) is 2. The van der Waals surface area contributed by atoms with Gasteiger partial charge in [0.2, 0.25) is 10.0 Å². The van der Waals surface area contributed by atoms with Crippen LogP contribution in [-0.4, -0.2) is 51.7 Å². The van der Waals surface area contributed by atoms with Gasteiger partial charge >= 0.3 is 0 Å². The molecule has 0 saturated carbocycles. The minimum Gasteiger partial charge on any atom is -0.493 e. The first kappa shape index (κ1) is 14.8. The van der Waals surface area contributed by atoms with Crippen LogP contribution in [0.3, 0.4) is 0 Å². The van der Waals surface area contributed by atoms with E-state index in [0.717, 1.165) is 24.2 Å². The van der Waals surface area contributed by atoms with E-state index in [9.17, 15) is 8.42 Å². The number of morpholine rings is 1. The maximum atomic E-state index is 12.7. The van der Waals surface area contributed by atoms with E-state index in [2.05, 4.69) is 0 Å². The van der Waals surface area contributed by atoms with Crippen molar-refractivity contribution < 1.29 is 17.9 Å². The summed E-state index contributed by atoms with van der Waals surface area (Å²) >= 11 is 0. The van der Waals surface area contributed by atoms with Gasteiger partial charge in [0.15, 0.2) is 0 Å². The Hall–Kier alpha value is -1.15. The molecule has 3 rings (SSSR count). The number of benzene rings is 1. The van der Waals surface area contributed by atoms with E-state index in [-0.39, 0.29) is 6.10 Å². The lowest BCUT2D eigenvalue weighted by molar-refractivity contribution is 0.00450. The molecule has 1 aromatic rings. The first-order valence-corrected chi connectivity index (χ1v) is 8.63. The Morgan fingerprint density at radius 1 is 1.33 bits per heavy atom. The van der Waals surface area contributed by atoms with E-state index in [1.165, 1.54) is 4.31 Å². The molecule has 1 aromatic carbocycles. The van der Waals surface area contributed by atoms with Gasteiger partial charge in [-0.1, -0.05) is 0 Å². The summed E-state index contributed by atoms with van der Waals surface area (Å²) in [6.07, 6.45) is 1.55. The van der Waals surface area contributed by atoms with E-state index in [4.69, 9.17) is 15.2 Å². The quantitative estimate of drug-likeness (QED) is 0.871. The molecule has 2 N–H and O–H groups in total. The van der Waals surface area contributed by atoms with E-state index in [0.29, 0.717) is 37.7 Å². The van der Waals surface area contributed by atoms with E-state index in [1.54, 1.807) is 18.2 Å². The number of aryl methyl sites for hydroxylation is 1. The molecule has 7 heteroatoms. The van der Waals surface area contributed by atoms with Crippen molar-refractivity contribution in [3.8, 4) is 5.75 Å². The molecular formula is C14H20N2O4S. The fraction of sp³-hybridized carbons (Fsp3) is 0.571. The summed E-state index contributed by atoms with van der Waals surface area (Å²) in [6, 6.07) is 5.10. The normalized spacial score (nSPS) is 23.4. The van der Waals surface area contributed by atoms with Crippen molar-refractivity contribution in [1.29, 1.82) is 0 Å². The van der Waals surface area contributed by atoms with Gasteiger partial charge in [-0.3, -0.25) is 0 Å². The zero-order valence-corrected chi connectivity index (χ0v) is 12.6. The topological polar surface area (TPSA) is 81.9 Å². The molecule has 1 saturated heterocycles. The van der Waals surface area contributed by atoms with Gasteiger partial charge in [0, 0.05) is 19.6 Å².